The molecule has 0 unspecified atom stereocenters. The normalized spacial score (nSPS) is 10.4. The van der Waals surface area contributed by atoms with Crippen LogP contribution in [-0.2, 0) is 18.6 Å². The van der Waals surface area contributed by atoms with Crippen molar-refractivity contribution in [1.82, 2.24) is 0 Å². The minimum absolute atomic E-state index is 0. The van der Waals surface area contributed by atoms with E-state index in [0.717, 1.165) is 0 Å². The fourth-order valence-electron chi connectivity index (χ4n) is 0.204. The summed E-state index contributed by atoms with van der Waals surface area (Å²) in [6.07, 6.45) is 3.33. The molecular formula is C6H12V. The molecule has 0 rings (SSSR count). The molecule has 0 fully saturated rings. The number of allylic oxidation sites excluding steroid dienone is 2. The Balaban J connectivity index is 0. The summed E-state index contributed by atoms with van der Waals surface area (Å²) in [5, 5.41) is 0. The van der Waals surface area contributed by atoms with Crippen molar-refractivity contribution >= 4 is 0 Å². The molecule has 1 heteroatoms. The van der Waals surface area contributed by atoms with E-state index in [2.05, 4.69) is 26.8 Å². The standard InChI is InChI=1S/C6H12.V/c1-4-6(3)5-2;/h4H,5H2,1-3H3;/b6-4+;. The molecule has 41 valence electrons. The molecule has 0 aliphatic rings. The summed E-state index contributed by atoms with van der Waals surface area (Å²) in [7, 11) is 0. The van der Waals surface area contributed by atoms with Gasteiger partial charge in [0.15, 0.2) is 0 Å². The van der Waals surface area contributed by atoms with Crippen LogP contribution in [0.25, 0.3) is 0 Å². The first kappa shape index (κ1) is 10.3. The zero-order valence-electron chi connectivity index (χ0n) is 5.23. The molecule has 1 radical (unpaired) electrons. The first-order valence-electron chi connectivity index (χ1n) is 2.43. The van der Waals surface area contributed by atoms with Crippen LogP contribution in [0, 0.1) is 0 Å². The third-order valence-corrected chi connectivity index (χ3v) is 1.05. The third-order valence-electron chi connectivity index (χ3n) is 1.05. The van der Waals surface area contributed by atoms with E-state index in [1.54, 1.807) is 0 Å². The van der Waals surface area contributed by atoms with Crippen molar-refractivity contribution in [2.45, 2.75) is 27.2 Å². The predicted molar refractivity (Wildman–Crippen MR) is 29.7 cm³/mol. The van der Waals surface area contributed by atoms with Gasteiger partial charge in [0.2, 0.25) is 0 Å². The van der Waals surface area contributed by atoms with Gasteiger partial charge in [0.1, 0.15) is 0 Å². The Morgan fingerprint density at radius 3 is 2.00 bits per heavy atom. The number of hydrogen-bond donors (Lipinski definition) is 0. The van der Waals surface area contributed by atoms with Gasteiger partial charge in [-0.2, -0.15) is 0 Å². The summed E-state index contributed by atoms with van der Waals surface area (Å²) >= 11 is 0. The molecule has 0 N–H and O–H groups in total. The maximum Gasteiger partial charge on any atom is 0 e. The fraction of sp³-hybridized carbons (Fsp3) is 0.667. The van der Waals surface area contributed by atoms with Crippen LogP contribution in [0.2, 0.25) is 0 Å². The van der Waals surface area contributed by atoms with Crippen molar-refractivity contribution < 1.29 is 18.6 Å². The molecule has 0 heterocycles. The predicted octanol–water partition coefficient (Wildman–Crippen LogP) is 2.36. The third kappa shape index (κ3) is 6.32. The first-order valence-corrected chi connectivity index (χ1v) is 2.43. The van der Waals surface area contributed by atoms with Gasteiger partial charge in [-0.05, 0) is 20.3 Å². The maximum absolute atomic E-state index is 2.16. The van der Waals surface area contributed by atoms with Gasteiger partial charge in [0, 0.05) is 18.6 Å². The monoisotopic (exact) mass is 135 g/mol. The summed E-state index contributed by atoms with van der Waals surface area (Å²) < 4.78 is 0. The number of hydrogen-bond acceptors (Lipinski definition) is 0. The molecule has 0 saturated carbocycles. The van der Waals surface area contributed by atoms with Crippen LogP contribution in [0.1, 0.15) is 27.2 Å². The molecule has 0 aromatic heterocycles. The molecule has 0 amide bonds. The topological polar surface area (TPSA) is 0 Å². The van der Waals surface area contributed by atoms with Gasteiger partial charge in [-0.15, -0.1) is 0 Å². The van der Waals surface area contributed by atoms with Gasteiger partial charge in [0.05, 0.1) is 0 Å². The second kappa shape index (κ2) is 6.32. The van der Waals surface area contributed by atoms with E-state index < -0.39 is 0 Å². The van der Waals surface area contributed by atoms with E-state index in [9.17, 15) is 0 Å². The van der Waals surface area contributed by atoms with Crippen LogP contribution in [0.15, 0.2) is 11.6 Å². The van der Waals surface area contributed by atoms with Gasteiger partial charge in [-0.1, -0.05) is 18.6 Å². The van der Waals surface area contributed by atoms with Gasteiger partial charge in [-0.25, -0.2) is 0 Å². The van der Waals surface area contributed by atoms with Crippen LogP contribution >= 0.6 is 0 Å². The summed E-state index contributed by atoms with van der Waals surface area (Å²) in [5.41, 5.74) is 1.47. The van der Waals surface area contributed by atoms with Crippen molar-refractivity contribution in [3.63, 3.8) is 0 Å². The van der Waals surface area contributed by atoms with Gasteiger partial charge >= 0.3 is 0 Å². The van der Waals surface area contributed by atoms with E-state index in [1.165, 1.54) is 12.0 Å². The van der Waals surface area contributed by atoms with Gasteiger partial charge in [-0.3, -0.25) is 0 Å². The Morgan fingerprint density at radius 2 is 2.00 bits per heavy atom. The Bertz CT molecular complexity index is 55.2. The molecule has 0 nitrogen and oxygen atoms in total. The molecule has 0 atom stereocenters. The van der Waals surface area contributed by atoms with Crippen LogP contribution in [0.5, 0.6) is 0 Å². The zero-order valence-corrected chi connectivity index (χ0v) is 6.63. The zero-order chi connectivity index (χ0) is 4.99. The van der Waals surface area contributed by atoms with Crippen molar-refractivity contribution in [3.05, 3.63) is 11.6 Å². The molecule has 0 saturated heterocycles. The van der Waals surface area contributed by atoms with E-state index in [1.807, 2.05) is 0 Å². The SMILES string of the molecule is C/C=C(\C)CC.[V]. The second-order valence-electron chi connectivity index (χ2n) is 1.49. The van der Waals surface area contributed by atoms with E-state index in [-0.39, 0.29) is 18.6 Å². The summed E-state index contributed by atoms with van der Waals surface area (Å²) in [6.45, 7) is 6.37. The van der Waals surface area contributed by atoms with Crippen LogP contribution in [-0.4, -0.2) is 0 Å². The van der Waals surface area contributed by atoms with Gasteiger partial charge in [0.25, 0.3) is 0 Å². The van der Waals surface area contributed by atoms with Crippen LogP contribution < -0.4 is 0 Å². The quantitative estimate of drug-likeness (QED) is 0.484. The average Bonchev–Trinajstić information content (AvgIpc) is 1.65. The smallest absolute Gasteiger partial charge is 0 e. The molecule has 7 heavy (non-hydrogen) atoms. The van der Waals surface area contributed by atoms with Crippen molar-refractivity contribution in [2.75, 3.05) is 0 Å². The van der Waals surface area contributed by atoms with E-state index in [0.29, 0.717) is 0 Å². The maximum atomic E-state index is 2.16. The van der Waals surface area contributed by atoms with Gasteiger partial charge < -0.3 is 0 Å². The number of rotatable bonds is 1. The molecule has 0 aromatic rings. The first-order chi connectivity index (χ1) is 2.81. The second-order valence-corrected chi connectivity index (χ2v) is 1.49. The van der Waals surface area contributed by atoms with Crippen LogP contribution in [0.3, 0.4) is 0 Å². The Kier molecular flexibility index (Phi) is 9.34. The van der Waals surface area contributed by atoms with Crippen molar-refractivity contribution in [2.24, 2.45) is 0 Å². The minimum atomic E-state index is 0. The molecule has 0 spiro atoms. The Labute approximate surface area is 57.9 Å². The Hall–Kier alpha value is 0.324. The molecule has 0 bridgehead atoms. The average molecular weight is 135 g/mol. The largest absolute Gasteiger partial charge is 0.0887 e. The van der Waals surface area contributed by atoms with Crippen LogP contribution in [0.4, 0.5) is 0 Å². The molecule has 0 aromatic carbocycles. The van der Waals surface area contributed by atoms with E-state index >= 15 is 0 Å². The minimum Gasteiger partial charge on any atom is -0.0887 e. The van der Waals surface area contributed by atoms with E-state index in [4.69, 9.17) is 0 Å². The molecular weight excluding hydrogens is 123 g/mol. The Morgan fingerprint density at radius 1 is 1.57 bits per heavy atom. The molecule has 0 aliphatic heterocycles. The van der Waals surface area contributed by atoms with Crippen molar-refractivity contribution in [1.29, 1.82) is 0 Å². The summed E-state index contributed by atoms with van der Waals surface area (Å²) in [5.74, 6) is 0. The van der Waals surface area contributed by atoms with Crippen molar-refractivity contribution in [3.8, 4) is 0 Å². The fourth-order valence-corrected chi connectivity index (χ4v) is 0.204. The molecule has 0 aliphatic carbocycles. The summed E-state index contributed by atoms with van der Waals surface area (Å²) in [4.78, 5) is 0. The summed E-state index contributed by atoms with van der Waals surface area (Å²) in [6, 6.07) is 0.